The van der Waals surface area contributed by atoms with E-state index in [1.54, 1.807) is 0 Å². The van der Waals surface area contributed by atoms with Gasteiger partial charge in [0.1, 0.15) is 0 Å². The van der Waals surface area contributed by atoms with E-state index in [1.807, 2.05) is 5.32 Å². The zero-order chi connectivity index (χ0) is 18.7. The molecule has 0 unspecified atom stereocenters. The number of nitrogens with one attached hydrogen (secondary N) is 1. The number of hydrogen-bond acceptors (Lipinski definition) is 4. The van der Waals surface area contributed by atoms with E-state index >= 15 is 0 Å². The molecular formula is C13H8F4N5O3. The number of imide groups is 1. The first-order valence-electron chi connectivity index (χ1n) is 6.67. The summed E-state index contributed by atoms with van der Waals surface area (Å²) in [5.41, 5.74) is 5.61. The summed E-state index contributed by atoms with van der Waals surface area (Å²) < 4.78 is 53.8. The third kappa shape index (κ3) is 3.38. The van der Waals surface area contributed by atoms with Gasteiger partial charge in [0, 0.05) is 24.3 Å². The molecule has 0 saturated carbocycles. The minimum Gasteiger partial charge on any atom is -0.350 e. The minimum atomic E-state index is -2.26. The Morgan fingerprint density at radius 3 is 2.24 bits per heavy atom. The lowest BCUT2D eigenvalue weighted by atomic mass is 10.1. The second kappa shape index (κ2) is 7.18. The van der Waals surface area contributed by atoms with E-state index in [-0.39, 0.29) is 12.8 Å². The Kier molecular flexibility index (Phi) is 5.22. The number of amides is 3. The van der Waals surface area contributed by atoms with Crippen molar-refractivity contribution in [3.63, 3.8) is 0 Å². The highest BCUT2D eigenvalue weighted by molar-refractivity contribution is 6.03. The fraction of sp³-hybridized carbons (Fsp3) is 0.231. The van der Waals surface area contributed by atoms with Gasteiger partial charge < -0.3 is 5.32 Å². The number of rotatable bonds is 5. The van der Waals surface area contributed by atoms with Crippen molar-refractivity contribution in [2.45, 2.75) is 12.8 Å². The van der Waals surface area contributed by atoms with Gasteiger partial charge in [-0.05, 0) is 5.53 Å². The highest BCUT2D eigenvalue weighted by Gasteiger charge is 2.30. The average Bonchev–Trinajstić information content (AvgIpc) is 2.90. The standard InChI is InChI=1S/C13H8F4N5O3/c14-8-7(12(20-21-18)11(17)10(16)9(8)15)13(25)19-3-4-22-5(23)1-2-6(22)24/h4H,1-3H2,(H,19,25). The fourth-order valence-electron chi connectivity index (χ4n) is 2.08. The molecule has 1 aromatic rings. The van der Waals surface area contributed by atoms with E-state index in [0.717, 1.165) is 11.4 Å². The van der Waals surface area contributed by atoms with Gasteiger partial charge >= 0.3 is 0 Å². The summed E-state index contributed by atoms with van der Waals surface area (Å²) >= 11 is 0. The van der Waals surface area contributed by atoms with E-state index in [2.05, 4.69) is 10.0 Å². The SMILES string of the molecule is [N-]=[N+]=Nc1c(F)c(F)c(F)c(F)c1C(=O)NC[CH]N1C(=O)CCC1=O. The summed E-state index contributed by atoms with van der Waals surface area (Å²) in [6.07, 6.45) is -0.0132. The van der Waals surface area contributed by atoms with Crippen LogP contribution in [0.25, 0.3) is 10.4 Å². The van der Waals surface area contributed by atoms with Crippen LogP contribution < -0.4 is 5.32 Å². The van der Waals surface area contributed by atoms with Gasteiger partial charge in [-0.1, -0.05) is 5.11 Å². The Bertz CT molecular complexity index is 807. The third-order valence-electron chi connectivity index (χ3n) is 3.24. The quantitative estimate of drug-likeness (QED) is 0.165. The van der Waals surface area contributed by atoms with Crippen LogP contribution in [0.5, 0.6) is 0 Å². The number of likely N-dealkylation sites (tertiary alicyclic amines) is 1. The molecule has 0 aromatic heterocycles. The Morgan fingerprint density at radius 2 is 1.68 bits per heavy atom. The molecule has 2 rings (SSSR count). The molecule has 0 aliphatic carbocycles. The van der Waals surface area contributed by atoms with Crippen LogP contribution >= 0.6 is 0 Å². The number of carbonyl (C=O) groups is 3. The van der Waals surface area contributed by atoms with Crippen molar-refractivity contribution in [1.29, 1.82) is 0 Å². The molecule has 0 spiro atoms. The molecule has 1 heterocycles. The van der Waals surface area contributed by atoms with E-state index in [1.165, 1.54) is 0 Å². The summed E-state index contributed by atoms with van der Waals surface area (Å²) in [5.74, 6) is -11.0. The monoisotopic (exact) mass is 358 g/mol. The summed E-state index contributed by atoms with van der Waals surface area (Å²) in [4.78, 5) is 37.5. The largest absolute Gasteiger partial charge is 0.350 e. The smallest absolute Gasteiger partial charge is 0.255 e. The Hall–Kier alpha value is -3.14. The maximum Gasteiger partial charge on any atom is 0.255 e. The minimum absolute atomic E-state index is 0.00662. The number of carbonyl (C=O) groups excluding carboxylic acids is 3. The lowest BCUT2D eigenvalue weighted by Crippen LogP contribution is -2.34. The first-order chi connectivity index (χ1) is 11.8. The predicted molar refractivity (Wildman–Crippen MR) is 72.8 cm³/mol. The zero-order valence-electron chi connectivity index (χ0n) is 12.2. The van der Waals surface area contributed by atoms with Crippen molar-refractivity contribution in [1.82, 2.24) is 10.2 Å². The first kappa shape index (κ1) is 18.2. The average molecular weight is 358 g/mol. The third-order valence-corrected chi connectivity index (χ3v) is 3.24. The Balaban J connectivity index is 2.23. The van der Waals surface area contributed by atoms with E-state index in [4.69, 9.17) is 5.53 Å². The molecule has 0 atom stereocenters. The molecule has 8 nitrogen and oxygen atoms in total. The van der Waals surface area contributed by atoms with Gasteiger partial charge in [0.2, 0.25) is 11.8 Å². The first-order valence-corrected chi connectivity index (χ1v) is 6.67. The molecule has 1 aliphatic heterocycles. The topological polar surface area (TPSA) is 115 Å². The summed E-state index contributed by atoms with van der Waals surface area (Å²) in [5, 5.41) is 4.63. The van der Waals surface area contributed by atoms with Gasteiger partial charge in [-0.15, -0.1) is 0 Å². The Labute approximate surface area is 137 Å². The van der Waals surface area contributed by atoms with E-state index < -0.39 is 58.8 Å². The van der Waals surface area contributed by atoms with E-state index in [9.17, 15) is 31.9 Å². The highest BCUT2D eigenvalue weighted by atomic mass is 19.2. The molecule has 0 bridgehead atoms. The molecular weight excluding hydrogens is 350 g/mol. The number of nitrogens with zero attached hydrogens (tertiary/aromatic N) is 4. The van der Waals surface area contributed by atoms with Gasteiger partial charge in [0.05, 0.1) is 17.8 Å². The molecule has 1 radical (unpaired) electrons. The molecule has 12 heteroatoms. The van der Waals surface area contributed by atoms with Crippen LogP contribution in [0, 0.1) is 29.8 Å². The van der Waals surface area contributed by atoms with E-state index in [0.29, 0.717) is 0 Å². The van der Waals surface area contributed by atoms with Gasteiger partial charge in [0.25, 0.3) is 5.91 Å². The summed E-state index contributed by atoms with van der Waals surface area (Å²) in [6.45, 7) is 0.503. The van der Waals surface area contributed by atoms with Crippen LogP contribution in [0.15, 0.2) is 5.11 Å². The van der Waals surface area contributed by atoms with Crippen LogP contribution in [0.4, 0.5) is 23.2 Å². The normalized spacial score (nSPS) is 13.8. The van der Waals surface area contributed by atoms with Crippen molar-refractivity contribution >= 4 is 23.4 Å². The zero-order valence-corrected chi connectivity index (χ0v) is 12.2. The number of benzene rings is 1. The van der Waals surface area contributed by atoms with Crippen molar-refractivity contribution in [3.05, 3.63) is 45.8 Å². The van der Waals surface area contributed by atoms with Crippen molar-refractivity contribution in [3.8, 4) is 0 Å². The molecule has 1 aromatic carbocycles. The lowest BCUT2D eigenvalue weighted by molar-refractivity contribution is -0.136. The lowest BCUT2D eigenvalue weighted by Gasteiger charge is -2.14. The van der Waals surface area contributed by atoms with Crippen LogP contribution in [-0.2, 0) is 9.59 Å². The Morgan fingerprint density at radius 1 is 1.12 bits per heavy atom. The van der Waals surface area contributed by atoms with Gasteiger partial charge in [-0.2, -0.15) is 0 Å². The van der Waals surface area contributed by atoms with Crippen LogP contribution in [0.2, 0.25) is 0 Å². The number of halogens is 4. The summed E-state index contributed by atoms with van der Waals surface area (Å²) in [7, 11) is 0. The maximum absolute atomic E-state index is 13.8. The molecule has 1 aliphatic rings. The second-order valence-corrected chi connectivity index (χ2v) is 4.72. The van der Waals surface area contributed by atoms with Crippen molar-refractivity contribution in [2.24, 2.45) is 5.11 Å². The number of hydrogen-bond donors (Lipinski definition) is 1. The summed E-state index contributed by atoms with van der Waals surface area (Å²) in [6, 6.07) is 0. The molecule has 1 fully saturated rings. The van der Waals surface area contributed by atoms with Crippen LogP contribution in [-0.4, -0.2) is 29.2 Å². The van der Waals surface area contributed by atoms with Crippen molar-refractivity contribution < 1.29 is 31.9 Å². The molecule has 1 N–H and O–H groups in total. The number of azide groups is 1. The predicted octanol–water partition coefficient (Wildman–Crippen LogP) is 2.23. The van der Waals surface area contributed by atoms with Crippen molar-refractivity contribution in [2.75, 3.05) is 6.54 Å². The fourth-order valence-corrected chi connectivity index (χ4v) is 2.08. The molecule has 1 saturated heterocycles. The molecule has 131 valence electrons. The molecule has 3 amide bonds. The van der Waals surface area contributed by atoms with Crippen LogP contribution in [0.3, 0.4) is 0 Å². The maximum atomic E-state index is 13.8. The van der Waals surface area contributed by atoms with Gasteiger partial charge in [0.15, 0.2) is 23.3 Å². The molecule has 25 heavy (non-hydrogen) atoms. The van der Waals surface area contributed by atoms with Gasteiger partial charge in [-0.3, -0.25) is 19.3 Å². The van der Waals surface area contributed by atoms with Crippen LogP contribution in [0.1, 0.15) is 23.2 Å². The van der Waals surface area contributed by atoms with Gasteiger partial charge in [-0.25, -0.2) is 17.6 Å². The second-order valence-electron chi connectivity index (χ2n) is 4.72. The highest BCUT2D eigenvalue weighted by Crippen LogP contribution is 2.31.